The Kier molecular flexibility index (Phi) is 5.41. The molecule has 0 aromatic heterocycles. The molecule has 0 spiro atoms. The van der Waals surface area contributed by atoms with E-state index >= 15 is 0 Å². The summed E-state index contributed by atoms with van der Waals surface area (Å²) in [5.74, 6) is 1.54. The fourth-order valence-electron chi connectivity index (χ4n) is 4.06. The Hall–Kier alpha value is -3.05. The Morgan fingerprint density at radius 3 is 2.38 bits per heavy atom. The van der Waals surface area contributed by atoms with Crippen LogP contribution in [0.3, 0.4) is 0 Å². The number of fused-ring (bicyclic) bond motifs is 2. The number of hydrogen-bond donors (Lipinski definition) is 2. The van der Waals surface area contributed by atoms with Crippen molar-refractivity contribution in [1.82, 2.24) is 0 Å². The molecule has 2 N–H and O–H groups in total. The molecule has 0 bridgehead atoms. The molecular formula is C24H27N2O3+. The first-order valence-electron chi connectivity index (χ1n) is 9.97. The smallest absolute Gasteiger partial charge is 0.282 e. The number of carbonyl (C=O) groups excluding carboxylic acids is 1. The van der Waals surface area contributed by atoms with E-state index in [2.05, 4.69) is 23.5 Å². The minimum absolute atomic E-state index is 0.0409. The normalized spacial score (nSPS) is 16.7. The maximum absolute atomic E-state index is 12.9. The topological polar surface area (TPSA) is 52.0 Å². The van der Waals surface area contributed by atoms with E-state index in [1.54, 1.807) is 14.2 Å². The molecule has 3 aromatic carbocycles. The number of carbonyl (C=O) groups is 1. The highest BCUT2D eigenvalue weighted by atomic mass is 16.5. The van der Waals surface area contributed by atoms with Crippen molar-refractivity contribution in [2.75, 3.05) is 26.1 Å². The van der Waals surface area contributed by atoms with Crippen LogP contribution in [0.1, 0.15) is 18.1 Å². The summed E-state index contributed by atoms with van der Waals surface area (Å²) in [5, 5.41) is 5.38. The highest BCUT2D eigenvalue weighted by molar-refractivity contribution is 5.96. The molecule has 0 saturated carbocycles. The van der Waals surface area contributed by atoms with Gasteiger partial charge in [0.2, 0.25) is 0 Å². The van der Waals surface area contributed by atoms with Gasteiger partial charge in [0.05, 0.1) is 20.8 Å². The van der Waals surface area contributed by atoms with E-state index in [1.165, 1.54) is 21.4 Å². The average Bonchev–Trinajstić information content (AvgIpc) is 2.77. The Labute approximate surface area is 171 Å². The minimum Gasteiger partial charge on any atom is -0.493 e. The second-order valence-corrected chi connectivity index (χ2v) is 7.58. The third-order valence-electron chi connectivity index (χ3n) is 5.86. The third kappa shape index (κ3) is 3.91. The zero-order valence-electron chi connectivity index (χ0n) is 17.1. The van der Waals surface area contributed by atoms with Crippen LogP contribution in [0.15, 0.2) is 54.6 Å². The number of quaternary nitrogens is 1. The molecule has 5 heteroatoms. The number of nitrogens with one attached hydrogen (secondary N) is 2. The van der Waals surface area contributed by atoms with E-state index in [9.17, 15) is 4.79 Å². The van der Waals surface area contributed by atoms with Crippen molar-refractivity contribution in [2.24, 2.45) is 0 Å². The molecule has 1 aliphatic heterocycles. The van der Waals surface area contributed by atoms with Gasteiger partial charge in [-0.15, -0.1) is 0 Å². The van der Waals surface area contributed by atoms with Crippen molar-refractivity contribution in [1.29, 1.82) is 0 Å². The van der Waals surface area contributed by atoms with E-state index in [1.807, 2.05) is 43.3 Å². The Morgan fingerprint density at radius 1 is 0.966 bits per heavy atom. The van der Waals surface area contributed by atoms with Crippen LogP contribution in [0.2, 0.25) is 0 Å². The third-order valence-corrected chi connectivity index (χ3v) is 5.86. The number of benzene rings is 3. The summed E-state index contributed by atoms with van der Waals surface area (Å²) < 4.78 is 10.9. The molecule has 0 radical (unpaired) electrons. The molecular weight excluding hydrogens is 364 g/mol. The van der Waals surface area contributed by atoms with Gasteiger partial charge in [0.15, 0.2) is 17.5 Å². The molecule has 0 fully saturated rings. The zero-order chi connectivity index (χ0) is 20.4. The Bertz CT molecular complexity index is 1050. The summed E-state index contributed by atoms with van der Waals surface area (Å²) in [6.07, 6.45) is 0.915. The highest BCUT2D eigenvalue weighted by Gasteiger charge is 2.30. The predicted molar refractivity (Wildman–Crippen MR) is 115 cm³/mol. The lowest BCUT2D eigenvalue weighted by molar-refractivity contribution is -0.929. The molecule has 1 heterocycles. The number of methoxy groups -OCH3 is 2. The van der Waals surface area contributed by atoms with Gasteiger partial charge in [0, 0.05) is 17.7 Å². The van der Waals surface area contributed by atoms with Crippen molar-refractivity contribution < 1.29 is 19.2 Å². The van der Waals surface area contributed by atoms with Crippen LogP contribution in [0, 0.1) is 0 Å². The van der Waals surface area contributed by atoms with Crippen LogP contribution in [0.25, 0.3) is 10.8 Å². The summed E-state index contributed by atoms with van der Waals surface area (Å²) >= 11 is 0. The maximum Gasteiger partial charge on any atom is 0.282 e. The summed E-state index contributed by atoms with van der Waals surface area (Å²) in [4.78, 5) is 14.2. The molecule has 3 aromatic rings. The molecule has 1 aliphatic rings. The van der Waals surface area contributed by atoms with Gasteiger partial charge in [-0.05, 0) is 47.5 Å². The van der Waals surface area contributed by atoms with Gasteiger partial charge in [-0.3, -0.25) is 4.79 Å². The largest absolute Gasteiger partial charge is 0.493 e. The molecule has 0 saturated heterocycles. The predicted octanol–water partition coefficient (Wildman–Crippen LogP) is 2.83. The average molecular weight is 391 g/mol. The molecule has 1 unspecified atom stereocenters. The second-order valence-electron chi connectivity index (χ2n) is 7.58. The SMILES string of the molecule is COc1cc2c(cc1OC)C[NH+]([C@@H](C)C(=O)Nc1ccc3ccccc3c1)CC2. The molecule has 29 heavy (non-hydrogen) atoms. The van der Waals surface area contributed by atoms with Gasteiger partial charge in [-0.2, -0.15) is 0 Å². The van der Waals surface area contributed by atoms with Crippen LogP contribution >= 0.6 is 0 Å². The standard InChI is InChI=1S/C24H26N2O3/c1-16(24(27)25-21-9-8-17-6-4-5-7-18(17)12-21)26-11-10-19-13-22(28-2)23(29-3)14-20(19)15-26/h4-9,12-14,16H,10-11,15H2,1-3H3,(H,25,27)/p+1/t16-/m0/s1. The van der Waals surface area contributed by atoms with Gasteiger partial charge in [0.1, 0.15) is 6.54 Å². The quantitative estimate of drug-likeness (QED) is 0.703. The van der Waals surface area contributed by atoms with Crippen LogP contribution < -0.4 is 19.7 Å². The highest BCUT2D eigenvalue weighted by Crippen LogP contribution is 2.31. The lowest BCUT2D eigenvalue weighted by Crippen LogP contribution is -3.16. The van der Waals surface area contributed by atoms with Gasteiger partial charge >= 0.3 is 0 Å². The second kappa shape index (κ2) is 8.13. The van der Waals surface area contributed by atoms with E-state index < -0.39 is 0 Å². The molecule has 5 nitrogen and oxygen atoms in total. The van der Waals surface area contributed by atoms with E-state index in [4.69, 9.17) is 9.47 Å². The fourth-order valence-corrected chi connectivity index (χ4v) is 4.06. The van der Waals surface area contributed by atoms with Gasteiger partial charge < -0.3 is 19.7 Å². The number of hydrogen-bond acceptors (Lipinski definition) is 3. The van der Waals surface area contributed by atoms with Crippen molar-refractivity contribution in [3.05, 3.63) is 65.7 Å². The monoisotopic (exact) mass is 391 g/mol. The molecule has 4 rings (SSSR count). The molecule has 2 atom stereocenters. The van der Waals surface area contributed by atoms with Crippen molar-refractivity contribution in [3.8, 4) is 11.5 Å². The van der Waals surface area contributed by atoms with Crippen LogP contribution in [0.5, 0.6) is 11.5 Å². The summed E-state index contributed by atoms with van der Waals surface area (Å²) in [6, 6.07) is 18.1. The molecule has 150 valence electrons. The minimum atomic E-state index is -0.150. The van der Waals surface area contributed by atoms with Crippen molar-refractivity contribution in [2.45, 2.75) is 25.9 Å². The number of ether oxygens (including phenoxy) is 2. The lowest BCUT2D eigenvalue weighted by atomic mass is 9.97. The number of rotatable bonds is 5. The van der Waals surface area contributed by atoms with Gasteiger partial charge in [-0.25, -0.2) is 0 Å². The Balaban J connectivity index is 1.48. The van der Waals surface area contributed by atoms with Crippen molar-refractivity contribution >= 4 is 22.4 Å². The van der Waals surface area contributed by atoms with E-state index in [0.717, 1.165) is 42.1 Å². The summed E-state index contributed by atoms with van der Waals surface area (Å²) in [7, 11) is 3.31. The molecule has 1 amide bonds. The van der Waals surface area contributed by atoms with E-state index in [-0.39, 0.29) is 11.9 Å². The first kappa shape index (κ1) is 19.3. The number of amides is 1. The van der Waals surface area contributed by atoms with Crippen LogP contribution in [-0.4, -0.2) is 32.7 Å². The number of anilines is 1. The fraction of sp³-hybridized carbons (Fsp3) is 0.292. The van der Waals surface area contributed by atoms with Crippen LogP contribution in [-0.2, 0) is 17.8 Å². The van der Waals surface area contributed by atoms with Gasteiger partial charge in [0.25, 0.3) is 5.91 Å². The summed E-state index contributed by atoms with van der Waals surface area (Å²) in [6.45, 7) is 3.70. The first-order chi connectivity index (χ1) is 14.1. The molecule has 0 aliphatic carbocycles. The maximum atomic E-state index is 12.9. The zero-order valence-corrected chi connectivity index (χ0v) is 17.1. The Morgan fingerprint density at radius 2 is 1.66 bits per heavy atom. The lowest BCUT2D eigenvalue weighted by Gasteiger charge is -2.30. The van der Waals surface area contributed by atoms with Gasteiger partial charge in [-0.1, -0.05) is 30.3 Å². The first-order valence-corrected chi connectivity index (χ1v) is 9.97. The summed E-state index contributed by atoms with van der Waals surface area (Å²) in [5.41, 5.74) is 3.33. The van der Waals surface area contributed by atoms with Crippen LogP contribution in [0.4, 0.5) is 5.69 Å². The van der Waals surface area contributed by atoms with Crippen molar-refractivity contribution in [3.63, 3.8) is 0 Å². The van der Waals surface area contributed by atoms with E-state index in [0.29, 0.717) is 0 Å².